The topological polar surface area (TPSA) is 117 Å². The molecule has 0 amide bonds. The van der Waals surface area contributed by atoms with Crippen molar-refractivity contribution in [3.05, 3.63) is 48.2 Å². The van der Waals surface area contributed by atoms with E-state index in [1.165, 1.54) is 6.07 Å². The van der Waals surface area contributed by atoms with E-state index in [4.69, 9.17) is 14.5 Å². The number of halogens is 1. The van der Waals surface area contributed by atoms with Gasteiger partial charge in [-0.1, -0.05) is 6.58 Å². The summed E-state index contributed by atoms with van der Waals surface area (Å²) in [6.45, 7) is 5.82. The van der Waals surface area contributed by atoms with Crippen LogP contribution in [0.5, 0.6) is 11.6 Å². The summed E-state index contributed by atoms with van der Waals surface area (Å²) in [5.74, 6) is -1.52. The Bertz CT molecular complexity index is 1180. The van der Waals surface area contributed by atoms with Crippen LogP contribution in [-0.4, -0.2) is 61.4 Å². The van der Waals surface area contributed by atoms with E-state index in [0.717, 1.165) is 6.20 Å². The third-order valence-electron chi connectivity index (χ3n) is 5.31. The van der Waals surface area contributed by atoms with E-state index in [9.17, 15) is 14.6 Å². The van der Waals surface area contributed by atoms with Crippen LogP contribution in [0.1, 0.15) is 18.1 Å². The monoisotopic (exact) mass is 428 g/mol. The van der Waals surface area contributed by atoms with Gasteiger partial charge in [0.1, 0.15) is 19.0 Å². The van der Waals surface area contributed by atoms with Crippen LogP contribution in [0.25, 0.3) is 11.3 Å². The van der Waals surface area contributed by atoms with Crippen LogP contribution in [0.3, 0.4) is 0 Å². The van der Waals surface area contributed by atoms with Crippen LogP contribution in [0.2, 0.25) is 0 Å². The highest BCUT2D eigenvalue weighted by atomic mass is 19.1. The fraction of sp³-hybridized carbons (Fsp3) is 0.350. The summed E-state index contributed by atoms with van der Waals surface area (Å²) in [6, 6.07) is 1.24. The summed E-state index contributed by atoms with van der Waals surface area (Å²) in [5, 5.41) is 27.8. The molecule has 0 saturated heterocycles. The predicted molar refractivity (Wildman–Crippen MR) is 108 cm³/mol. The number of β-amino-alcohol motifs (C(OH)–C–C–N with tert-alkyl or cyclic N) is 2. The molecule has 10 nitrogen and oxygen atoms in total. The summed E-state index contributed by atoms with van der Waals surface area (Å²) < 4.78 is 27.0. The van der Waals surface area contributed by atoms with Gasteiger partial charge in [-0.05, 0) is 13.0 Å². The second-order valence-electron chi connectivity index (χ2n) is 7.76. The maximum absolute atomic E-state index is 14.0. The second-order valence-corrected chi connectivity index (χ2v) is 7.76. The van der Waals surface area contributed by atoms with Crippen molar-refractivity contribution in [2.45, 2.75) is 25.3 Å². The number of nitrogens with one attached hydrogen (secondary N) is 1. The SMILES string of the molecule is C=C1NCC(O)(O)COc2ncc(F)cc2CN2c3nc4c1cnn4cc3OC[C@H]2C. The van der Waals surface area contributed by atoms with E-state index in [0.29, 0.717) is 40.6 Å². The molecule has 11 heteroatoms. The lowest BCUT2D eigenvalue weighted by atomic mass is 10.1. The zero-order valence-electron chi connectivity index (χ0n) is 16.7. The van der Waals surface area contributed by atoms with E-state index in [1.807, 2.05) is 11.8 Å². The molecule has 3 N–H and O–H groups in total. The van der Waals surface area contributed by atoms with Gasteiger partial charge in [-0.3, -0.25) is 0 Å². The number of anilines is 1. The molecule has 0 aliphatic carbocycles. The van der Waals surface area contributed by atoms with Crippen molar-refractivity contribution in [2.75, 3.05) is 24.7 Å². The fourth-order valence-corrected chi connectivity index (χ4v) is 3.62. The van der Waals surface area contributed by atoms with Gasteiger partial charge < -0.3 is 29.9 Å². The third-order valence-corrected chi connectivity index (χ3v) is 5.31. The molecule has 0 unspecified atom stereocenters. The number of fused-ring (bicyclic) bond motifs is 1. The summed E-state index contributed by atoms with van der Waals surface area (Å²) in [5.41, 5.74) is 1.98. The first-order chi connectivity index (χ1) is 14.8. The number of ether oxygens (including phenoxy) is 2. The lowest BCUT2D eigenvalue weighted by Gasteiger charge is -2.36. The van der Waals surface area contributed by atoms with Crippen molar-refractivity contribution < 1.29 is 24.1 Å². The molecule has 5 heterocycles. The number of hydrogen-bond acceptors (Lipinski definition) is 9. The van der Waals surface area contributed by atoms with Gasteiger partial charge in [0.15, 0.2) is 17.2 Å². The van der Waals surface area contributed by atoms with Gasteiger partial charge in [-0.15, -0.1) is 0 Å². The molecule has 2 aliphatic rings. The van der Waals surface area contributed by atoms with Crippen LogP contribution >= 0.6 is 0 Å². The van der Waals surface area contributed by atoms with Gasteiger partial charge in [-0.2, -0.15) is 5.10 Å². The Morgan fingerprint density at radius 1 is 1.32 bits per heavy atom. The van der Waals surface area contributed by atoms with Crippen LogP contribution < -0.4 is 19.7 Å². The van der Waals surface area contributed by atoms with E-state index in [-0.39, 0.29) is 25.0 Å². The van der Waals surface area contributed by atoms with E-state index in [1.54, 1.807) is 16.9 Å². The molecule has 0 spiro atoms. The van der Waals surface area contributed by atoms with Crippen molar-refractivity contribution in [3.63, 3.8) is 0 Å². The molecule has 0 aromatic carbocycles. The largest absolute Gasteiger partial charge is 0.486 e. The van der Waals surface area contributed by atoms with E-state index < -0.39 is 18.2 Å². The smallest absolute Gasteiger partial charge is 0.218 e. The average Bonchev–Trinajstić information content (AvgIpc) is 3.15. The first-order valence-electron chi connectivity index (χ1n) is 9.74. The third kappa shape index (κ3) is 3.51. The molecule has 0 radical (unpaired) electrons. The van der Waals surface area contributed by atoms with Crippen LogP contribution in [0.15, 0.2) is 31.2 Å². The second kappa shape index (κ2) is 7.06. The minimum Gasteiger partial charge on any atom is -0.486 e. The average molecular weight is 428 g/mol. The lowest BCUT2D eigenvalue weighted by molar-refractivity contribution is -0.175. The van der Waals surface area contributed by atoms with Gasteiger partial charge >= 0.3 is 0 Å². The number of hydrogen-bond donors (Lipinski definition) is 3. The zero-order valence-corrected chi connectivity index (χ0v) is 16.7. The van der Waals surface area contributed by atoms with Gasteiger partial charge in [0.2, 0.25) is 11.7 Å². The predicted octanol–water partition coefficient (Wildman–Crippen LogP) is 0.684. The maximum Gasteiger partial charge on any atom is 0.218 e. The van der Waals surface area contributed by atoms with Crippen LogP contribution in [0, 0.1) is 5.82 Å². The molecular weight excluding hydrogens is 407 g/mol. The molecule has 3 aromatic heterocycles. The highest BCUT2D eigenvalue weighted by Gasteiger charge is 2.31. The molecule has 0 saturated carbocycles. The maximum atomic E-state index is 14.0. The number of nitrogens with zero attached hydrogens (tertiary/aromatic N) is 5. The van der Waals surface area contributed by atoms with Crippen molar-refractivity contribution in [2.24, 2.45) is 0 Å². The van der Waals surface area contributed by atoms with Crippen LogP contribution in [-0.2, 0) is 6.54 Å². The van der Waals surface area contributed by atoms with E-state index in [2.05, 4.69) is 22.0 Å². The van der Waals surface area contributed by atoms with Gasteiger partial charge in [0, 0.05) is 11.3 Å². The van der Waals surface area contributed by atoms with Crippen LogP contribution in [0.4, 0.5) is 10.2 Å². The van der Waals surface area contributed by atoms with Gasteiger partial charge in [0.05, 0.1) is 43.3 Å². The Kier molecular flexibility index (Phi) is 4.45. The molecule has 5 rings (SSSR count). The highest BCUT2D eigenvalue weighted by molar-refractivity contribution is 5.75. The molecule has 2 bridgehead atoms. The lowest BCUT2D eigenvalue weighted by Crippen LogP contribution is -2.45. The van der Waals surface area contributed by atoms with Gasteiger partial charge in [0.25, 0.3) is 0 Å². The molecule has 2 aliphatic heterocycles. The molecular formula is C20H21FN6O4. The fourth-order valence-electron chi connectivity index (χ4n) is 3.62. The van der Waals surface area contributed by atoms with Crippen molar-refractivity contribution in [3.8, 4) is 11.6 Å². The molecule has 162 valence electrons. The van der Waals surface area contributed by atoms with Gasteiger partial charge in [-0.25, -0.2) is 18.9 Å². The number of pyridine rings is 1. The van der Waals surface area contributed by atoms with E-state index >= 15 is 0 Å². The Morgan fingerprint density at radius 2 is 2.16 bits per heavy atom. The molecule has 3 aromatic rings. The van der Waals surface area contributed by atoms with Crippen molar-refractivity contribution in [1.29, 1.82) is 0 Å². The number of rotatable bonds is 0. The number of aromatic nitrogens is 4. The molecule has 1 atom stereocenters. The Morgan fingerprint density at radius 3 is 3.00 bits per heavy atom. The minimum absolute atomic E-state index is 0.0751. The first-order valence-corrected chi connectivity index (χ1v) is 9.74. The normalized spacial score (nSPS) is 20.5. The zero-order chi connectivity index (χ0) is 21.8. The highest BCUT2D eigenvalue weighted by Crippen LogP contribution is 2.35. The minimum atomic E-state index is -2.22. The summed E-state index contributed by atoms with van der Waals surface area (Å²) in [6.07, 6.45) is 4.34. The Balaban J connectivity index is 1.68. The Labute approximate surface area is 176 Å². The first kappa shape index (κ1) is 19.5. The summed E-state index contributed by atoms with van der Waals surface area (Å²) >= 11 is 0. The number of aliphatic hydroxyl groups is 2. The molecule has 0 fully saturated rings. The molecule has 31 heavy (non-hydrogen) atoms. The summed E-state index contributed by atoms with van der Waals surface area (Å²) in [7, 11) is 0. The van der Waals surface area contributed by atoms with Crippen molar-refractivity contribution >= 4 is 17.2 Å². The Hall–Kier alpha value is -3.44. The van der Waals surface area contributed by atoms with Crippen molar-refractivity contribution in [1.82, 2.24) is 24.9 Å². The quantitative estimate of drug-likeness (QED) is 0.445. The standard InChI is InChI=1S/C20H21FN6O4/c1-11-8-30-16-7-27-17-15(5-24-27)12(2)23-9-20(28,29)10-31-19-13(3-14(21)4-22-19)6-26(11)18(16)25-17/h3-5,7,11,23,28-29H,2,6,8-10H2,1H3/t11-/m1/s1. The summed E-state index contributed by atoms with van der Waals surface area (Å²) in [4.78, 5) is 10.7.